The molecule has 2 aromatic heterocycles. The van der Waals surface area contributed by atoms with E-state index in [0.29, 0.717) is 5.69 Å². The molecule has 36 heavy (non-hydrogen) atoms. The van der Waals surface area contributed by atoms with Crippen molar-refractivity contribution in [2.75, 3.05) is 9.80 Å². The molecule has 1 aliphatic heterocycles. The van der Waals surface area contributed by atoms with Gasteiger partial charge in [0.15, 0.2) is 0 Å². The van der Waals surface area contributed by atoms with Crippen LogP contribution in [0.5, 0.6) is 0 Å². The molecule has 0 saturated heterocycles. The van der Waals surface area contributed by atoms with Crippen LogP contribution in [0.2, 0.25) is 0 Å². The van der Waals surface area contributed by atoms with Crippen LogP contribution in [-0.4, -0.2) is 32.8 Å². The van der Waals surface area contributed by atoms with Gasteiger partial charge in [-0.15, -0.1) is 0 Å². The number of anilines is 2. The van der Waals surface area contributed by atoms with Crippen molar-refractivity contribution >= 4 is 28.3 Å². The maximum absolute atomic E-state index is 14.4. The Morgan fingerprint density at radius 1 is 1.03 bits per heavy atom. The van der Waals surface area contributed by atoms with Gasteiger partial charge in [0.1, 0.15) is 18.1 Å². The third-order valence-electron chi connectivity index (χ3n) is 7.51. The van der Waals surface area contributed by atoms with Crippen molar-refractivity contribution in [3.63, 3.8) is 0 Å². The summed E-state index contributed by atoms with van der Waals surface area (Å²) >= 11 is 0. The summed E-state index contributed by atoms with van der Waals surface area (Å²) in [6.07, 6.45) is 7.86. The number of rotatable bonds is 6. The fraction of sp³-hybridized carbons (Fsp3) is 0.310. The predicted octanol–water partition coefficient (Wildman–Crippen LogP) is 5.42. The number of halogens is 1. The smallest absolute Gasteiger partial charge is 0.254 e. The number of amides is 1. The molecule has 1 fully saturated rings. The van der Waals surface area contributed by atoms with Crippen LogP contribution in [-0.2, 0) is 11.3 Å². The number of carbonyl (C=O) groups excluding carboxylic acids is 1. The molecule has 2 aliphatic rings. The van der Waals surface area contributed by atoms with Crippen molar-refractivity contribution in [1.82, 2.24) is 9.55 Å². The third kappa shape index (κ3) is 3.93. The summed E-state index contributed by atoms with van der Waals surface area (Å²) in [4.78, 5) is 22.1. The summed E-state index contributed by atoms with van der Waals surface area (Å²) in [7, 11) is 0. The molecular formula is C29H29FN4O2. The molecule has 0 bridgehead atoms. The monoisotopic (exact) mass is 484 g/mol. The highest BCUT2D eigenvalue weighted by Gasteiger charge is 2.45. The molecule has 1 N–H and O–H groups in total. The minimum atomic E-state index is -1.09. The minimum Gasteiger partial charge on any atom is -0.372 e. The Morgan fingerprint density at radius 3 is 2.69 bits per heavy atom. The van der Waals surface area contributed by atoms with Gasteiger partial charge in [0, 0.05) is 35.4 Å². The van der Waals surface area contributed by atoms with E-state index < -0.39 is 18.1 Å². The lowest BCUT2D eigenvalue weighted by Crippen LogP contribution is -2.47. The average molecular weight is 485 g/mol. The van der Waals surface area contributed by atoms with Crippen LogP contribution in [0.4, 0.5) is 15.8 Å². The Kier molecular flexibility index (Phi) is 5.93. The Hall–Kier alpha value is -3.71. The summed E-state index contributed by atoms with van der Waals surface area (Å²) in [5.74, 6) is -0.478. The molecule has 0 radical (unpaired) electrons. The second-order valence-electron chi connectivity index (χ2n) is 9.71. The largest absolute Gasteiger partial charge is 0.372 e. The molecule has 1 amide bonds. The number of pyridine rings is 1. The standard InChI is InChI=1S/C29H29FN4O2/c30-20-8-6-11-22(18-20)34(27(35)19-32-17-15-24-26(32)14-7-16-31-24)28-23-12-4-5-13-25(23)33(29(28)36)21-9-2-1-3-10-21/h4-8,11-18,21,27-28,35H,1-3,9-10,19H2. The lowest BCUT2D eigenvalue weighted by molar-refractivity contribution is -0.120. The molecule has 7 heteroatoms. The normalized spacial score (nSPS) is 19.0. The number of aliphatic hydroxyl groups excluding tert-OH is 1. The Balaban J connectivity index is 1.42. The molecule has 1 aliphatic carbocycles. The molecule has 184 valence electrons. The first-order chi connectivity index (χ1) is 17.6. The van der Waals surface area contributed by atoms with Crippen molar-refractivity contribution in [1.29, 1.82) is 0 Å². The minimum absolute atomic E-state index is 0.0644. The summed E-state index contributed by atoms with van der Waals surface area (Å²) in [6, 6.07) is 19.0. The first-order valence-electron chi connectivity index (χ1n) is 12.7. The molecule has 6 nitrogen and oxygen atoms in total. The van der Waals surface area contributed by atoms with Crippen molar-refractivity contribution < 1.29 is 14.3 Å². The number of benzene rings is 2. The zero-order valence-corrected chi connectivity index (χ0v) is 20.0. The lowest BCUT2D eigenvalue weighted by atomic mass is 9.94. The van der Waals surface area contributed by atoms with Crippen molar-refractivity contribution in [3.05, 3.63) is 90.5 Å². The van der Waals surface area contributed by atoms with Crippen molar-refractivity contribution in [3.8, 4) is 0 Å². The summed E-state index contributed by atoms with van der Waals surface area (Å²) in [6.45, 7) is 0.196. The molecule has 2 unspecified atom stereocenters. The van der Waals surface area contributed by atoms with Crippen LogP contribution in [0.3, 0.4) is 0 Å². The van der Waals surface area contributed by atoms with Gasteiger partial charge in [-0.25, -0.2) is 4.39 Å². The van der Waals surface area contributed by atoms with E-state index >= 15 is 0 Å². The highest BCUT2D eigenvalue weighted by Crippen LogP contribution is 2.44. The van der Waals surface area contributed by atoms with Gasteiger partial charge in [-0.2, -0.15) is 0 Å². The van der Waals surface area contributed by atoms with Crippen LogP contribution in [0, 0.1) is 5.82 Å². The van der Waals surface area contributed by atoms with Gasteiger partial charge in [-0.05, 0) is 55.3 Å². The first kappa shape index (κ1) is 22.7. The fourth-order valence-corrected chi connectivity index (χ4v) is 5.88. The molecule has 6 rings (SSSR count). The van der Waals surface area contributed by atoms with Crippen LogP contribution in [0.1, 0.15) is 43.7 Å². The van der Waals surface area contributed by atoms with E-state index in [0.717, 1.165) is 48.0 Å². The van der Waals surface area contributed by atoms with E-state index in [9.17, 15) is 14.3 Å². The molecule has 2 aromatic carbocycles. The number of para-hydroxylation sites is 1. The first-order valence-corrected chi connectivity index (χ1v) is 12.7. The van der Waals surface area contributed by atoms with Gasteiger partial charge in [0.25, 0.3) is 5.91 Å². The molecule has 2 atom stereocenters. The summed E-state index contributed by atoms with van der Waals surface area (Å²) in [5.41, 5.74) is 3.92. The van der Waals surface area contributed by atoms with E-state index in [-0.39, 0.29) is 18.5 Å². The second kappa shape index (κ2) is 9.39. The number of hydrogen-bond donors (Lipinski definition) is 1. The SMILES string of the molecule is O=C1C(N(c2cccc(F)c2)C(O)Cn2ccc3ncccc32)c2ccccc2N1C1CCCCC1. The Labute approximate surface area is 209 Å². The Morgan fingerprint density at radius 2 is 1.86 bits per heavy atom. The van der Waals surface area contributed by atoms with Gasteiger partial charge in [-0.3, -0.25) is 9.78 Å². The average Bonchev–Trinajstić information content (AvgIpc) is 3.43. The van der Waals surface area contributed by atoms with Gasteiger partial charge in [0.2, 0.25) is 0 Å². The molecule has 3 heterocycles. The predicted molar refractivity (Wildman–Crippen MR) is 138 cm³/mol. The number of carbonyl (C=O) groups is 1. The second-order valence-corrected chi connectivity index (χ2v) is 9.71. The number of aliphatic hydroxyl groups is 1. The topological polar surface area (TPSA) is 61.6 Å². The van der Waals surface area contributed by atoms with Crippen LogP contribution in [0.25, 0.3) is 11.0 Å². The van der Waals surface area contributed by atoms with Gasteiger partial charge >= 0.3 is 0 Å². The van der Waals surface area contributed by atoms with Crippen molar-refractivity contribution in [2.24, 2.45) is 0 Å². The Bertz CT molecular complexity index is 1400. The number of fused-ring (bicyclic) bond motifs is 2. The van der Waals surface area contributed by atoms with Gasteiger partial charge in [0.05, 0.1) is 17.6 Å². The van der Waals surface area contributed by atoms with Crippen LogP contribution in [0.15, 0.2) is 79.1 Å². The van der Waals surface area contributed by atoms with E-state index in [1.165, 1.54) is 18.6 Å². The van der Waals surface area contributed by atoms with E-state index in [1.54, 1.807) is 23.2 Å². The number of aromatic nitrogens is 2. The van der Waals surface area contributed by atoms with Crippen LogP contribution < -0.4 is 9.80 Å². The third-order valence-corrected chi connectivity index (χ3v) is 7.51. The van der Waals surface area contributed by atoms with Crippen LogP contribution >= 0.6 is 0 Å². The zero-order chi connectivity index (χ0) is 24.6. The molecule has 0 spiro atoms. The highest BCUT2D eigenvalue weighted by molar-refractivity contribution is 6.07. The summed E-state index contributed by atoms with van der Waals surface area (Å²) < 4.78 is 16.3. The maximum atomic E-state index is 14.4. The van der Waals surface area contributed by atoms with E-state index in [2.05, 4.69) is 4.98 Å². The maximum Gasteiger partial charge on any atom is 0.254 e. The fourth-order valence-electron chi connectivity index (χ4n) is 5.88. The lowest BCUT2D eigenvalue weighted by Gasteiger charge is -2.36. The number of nitrogens with zero attached hydrogens (tertiary/aromatic N) is 4. The molecule has 1 saturated carbocycles. The van der Waals surface area contributed by atoms with E-state index in [1.807, 2.05) is 58.1 Å². The highest BCUT2D eigenvalue weighted by atomic mass is 19.1. The zero-order valence-electron chi connectivity index (χ0n) is 20.0. The van der Waals surface area contributed by atoms with Gasteiger partial charge < -0.3 is 19.5 Å². The molecular weight excluding hydrogens is 455 g/mol. The number of hydrogen-bond acceptors (Lipinski definition) is 4. The van der Waals surface area contributed by atoms with E-state index in [4.69, 9.17) is 0 Å². The quantitative estimate of drug-likeness (QED) is 0.371. The summed E-state index contributed by atoms with van der Waals surface area (Å²) in [5, 5.41) is 11.7. The van der Waals surface area contributed by atoms with Crippen molar-refractivity contribution in [2.45, 2.75) is 57.0 Å². The van der Waals surface area contributed by atoms with Gasteiger partial charge in [-0.1, -0.05) is 43.5 Å². The molecule has 4 aromatic rings.